The number of nitrogens with one attached hydrogen (secondary N) is 3. The number of benzene rings is 1. The molecule has 3 atom stereocenters. The first-order chi connectivity index (χ1) is 14.4. The monoisotopic (exact) mass is 410 g/mol. The van der Waals surface area contributed by atoms with Gasteiger partial charge in [-0.3, -0.25) is 9.59 Å². The summed E-state index contributed by atoms with van der Waals surface area (Å²) in [4.78, 5) is 29.2. The number of aryl methyl sites for hydroxylation is 1. The minimum Gasteiger partial charge on any atom is -0.384 e. The molecule has 2 aromatic rings. The number of aromatic nitrogens is 1. The summed E-state index contributed by atoms with van der Waals surface area (Å²) in [6.07, 6.45) is 0.685. The highest BCUT2D eigenvalue weighted by atomic mass is 16.2. The van der Waals surface area contributed by atoms with Gasteiger partial charge in [0.1, 0.15) is 11.9 Å². The average Bonchev–Trinajstić information content (AvgIpc) is 3.23. The van der Waals surface area contributed by atoms with E-state index in [4.69, 9.17) is 11.5 Å². The molecule has 3 rings (SSSR count). The molecule has 0 spiro atoms. The van der Waals surface area contributed by atoms with Gasteiger partial charge in [-0.2, -0.15) is 0 Å². The first-order valence-electron chi connectivity index (χ1n) is 10.2. The van der Waals surface area contributed by atoms with Crippen molar-refractivity contribution in [3.63, 3.8) is 0 Å². The molecule has 2 heterocycles. The lowest BCUT2D eigenvalue weighted by atomic mass is 9.94. The van der Waals surface area contributed by atoms with Gasteiger partial charge in [-0.1, -0.05) is 30.3 Å². The molecular formula is C22H30N6O2. The zero-order valence-electron chi connectivity index (χ0n) is 17.4. The van der Waals surface area contributed by atoms with Gasteiger partial charge in [0.2, 0.25) is 11.8 Å². The van der Waals surface area contributed by atoms with Gasteiger partial charge in [0.05, 0.1) is 6.04 Å². The fourth-order valence-electron chi connectivity index (χ4n) is 3.67. The second kappa shape index (κ2) is 9.69. The lowest BCUT2D eigenvalue weighted by Crippen LogP contribution is -2.50. The first-order valence-corrected chi connectivity index (χ1v) is 10.2. The highest BCUT2D eigenvalue weighted by Gasteiger charge is 2.31. The summed E-state index contributed by atoms with van der Waals surface area (Å²) < 4.78 is 0. The van der Waals surface area contributed by atoms with E-state index in [0.717, 1.165) is 23.4 Å². The van der Waals surface area contributed by atoms with E-state index >= 15 is 0 Å². The van der Waals surface area contributed by atoms with E-state index in [1.807, 2.05) is 25.1 Å². The number of nitrogens with two attached hydrogens (primary N) is 2. The highest BCUT2D eigenvalue weighted by Crippen LogP contribution is 2.26. The second-order valence-corrected chi connectivity index (χ2v) is 7.77. The molecule has 8 heteroatoms. The number of carbonyl (C=O) groups excluding carboxylic acids is 2. The number of nitrogens with zero attached hydrogens (tertiary/aromatic N) is 1. The van der Waals surface area contributed by atoms with Gasteiger partial charge in [-0.15, -0.1) is 0 Å². The lowest BCUT2D eigenvalue weighted by molar-refractivity contribution is -0.129. The Hall–Kier alpha value is -2.97. The molecule has 0 saturated carbocycles. The van der Waals surface area contributed by atoms with Gasteiger partial charge in [-0.25, -0.2) is 4.98 Å². The standard InChI is InChI=1S/C22H30N6O2/c1-13-17(6-7-20(24)27-13)11-26-21(29)14(2)28-22(30)19-9-18(12-25-19)16-5-3-4-15(8-16)10-23/h3-8,14,18-19,25H,9-12,23H2,1-2H3,(H2,24,27)(H,26,29)(H,28,30)/t14-,18-,19+/m0/s1. The van der Waals surface area contributed by atoms with Crippen molar-refractivity contribution in [1.82, 2.24) is 20.9 Å². The zero-order valence-corrected chi connectivity index (χ0v) is 17.4. The summed E-state index contributed by atoms with van der Waals surface area (Å²) in [5.74, 6) is 0.280. The van der Waals surface area contributed by atoms with Gasteiger partial charge in [0.15, 0.2) is 0 Å². The maximum absolute atomic E-state index is 12.6. The van der Waals surface area contributed by atoms with Crippen molar-refractivity contribution in [3.8, 4) is 0 Å². The van der Waals surface area contributed by atoms with Crippen LogP contribution in [0.5, 0.6) is 0 Å². The fourth-order valence-corrected chi connectivity index (χ4v) is 3.67. The predicted molar refractivity (Wildman–Crippen MR) is 116 cm³/mol. The predicted octanol–water partition coefficient (Wildman–Crippen LogP) is 0.698. The van der Waals surface area contributed by atoms with E-state index in [0.29, 0.717) is 25.3 Å². The molecule has 0 aliphatic carbocycles. The Morgan fingerprint density at radius 2 is 2.10 bits per heavy atom. The Labute approximate surface area is 176 Å². The van der Waals surface area contributed by atoms with Gasteiger partial charge < -0.3 is 27.4 Å². The number of nitrogen functional groups attached to an aromatic ring is 1. The number of amides is 2. The summed E-state index contributed by atoms with van der Waals surface area (Å²) in [6, 6.07) is 10.7. The zero-order chi connectivity index (χ0) is 21.7. The van der Waals surface area contributed by atoms with Gasteiger partial charge in [0.25, 0.3) is 0 Å². The summed E-state index contributed by atoms with van der Waals surface area (Å²) in [7, 11) is 0. The van der Waals surface area contributed by atoms with Gasteiger partial charge in [0, 0.05) is 25.3 Å². The Bertz CT molecular complexity index is 916. The van der Waals surface area contributed by atoms with Crippen molar-refractivity contribution in [1.29, 1.82) is 0 Å². The number of hydrogen-bond acceptors (Lipinski definition) is 6. The van der Waals surface area contributed by atoms with Crippen LogP contribution >= 0.6 is 0 Å². The van der Waals surface area contributed by atoms with Crippen LogP contribution in [0.4, 0.5) is 5.82 Å². The molecule has 0 bridgehead atoms. The molecule has 30 heavy (non-hydrogen) atoms. The van der Waals surface area contributed by atoms with E-state index in [1.165, 1.54) is 5.56 Å². The molecule has 160 valence electrons. The Kier molecular flexibility index (Phi) is 7.02. The molecule has 2 amide bonds. The number of hydrogen-bond donors (Lipinski definition) is 5. The molecule has 0 unspecified atom stereocenters. The molecule has 1 saturated heterocycles. The summed E-state index contributed by atoms with van der Waals surface area (Å²) in [5.41, 5.74) is 15.3. The van der Waals surface area contributed by atoms with Crippen LogP contribution in [0, 0.1) is 6.92 Å². The van der Waals surface area contributed by atoms with Crippen molar-refractivity contribution < 1.29 is 9.59 Å². The van der Waals surface area contributed by atoms with E-state index in [-0.39, 0.29) is 23.8 Å². The SMILES string of the molecule is Cc1nc(N)ccc1CNC(=O)[C@H](C)NC(=O)[C@H]1C[C@H](c2cccc(CN)c2)CN1. The summed E-state index contributed by atoms with van der Waals surface area (Å²) in [6.45, 7) is 5.07. The number of pyridine rings is 1. The molecule has 0 radical (unpaired) electrons. The quantitative estimate of drug-likeness (QED) is 0.456. The Morgan fingerprint density at radius 1 is 1.30 bits per heavy atom. The van der Waals surface area contributed by atoms with Crippen LogP contribution in [-0.4, -0.2) is 35.4 Å². The summed E-state index contributed by atoms with van der Waals surface area (Å²) in [5, 5.41) is 8.90. The average molecular weight is 411 g/mol. The van der Waals surface area contributed by atoms with Crippen LogP contribution < -0.4 is 27.4 Å². The second-order valence-electron chi connectivity index (χ2n) is 7.77. The van der Waals surface area contributed by atoms with E-state index in [2.05, 4.69) is 33.1 Å². The van der Waals surface area contributed by atoms with Crippen LogP contribution in [-0.2, 0) is 22.7 Å². The largest absolute Gasteiger partial charge is 0.384 e. The molecule has 7 N–H and O–H groups in total. The minimum absolute atomic E-state index is 0.166. The van der Waals surface area contributed by atoms with Crippen molar-refractivity contribution in [3.05, 3.63) is 58.8 Å². The van der Waals surface area contributed by atoms with Crippen LogP contribution in [0.2, 0.25) is 0 Å². The first kappa shape index (κ1) is 21.7. The van der Waals surface area contributed by atoms with Gasteiger partial charge >= 0.3 is 0 Å². The number of anilines is 1. The van der Waals surface area contributed by atoms with Crippen LogP contribution in [0.3, 0.4) is 0 Å². The molecule has 8 nitrogen and oxygen atoms in total. The molecule has 1 aromatic carbocycles. The van der Waals surface area contributed by atoms with Crippen LogP contribution in [0.1, 0.15) is 41.6 Å². The molecule has 1 aromatic heterocycles. The van der Waals surface area contributed by atoms with Gasteiger partial charge in [-0.05, 0) is 48.9 Å². The maximum Gasteiger partial charge on any atom is 0.242 e. The number of carbonyl (C=O) groups is 2. The third-order valence-electron chi connectivity index (χ3n) is 5.53. The Balaban J connectivity index is 1.49. The van der Waals surface area contributed by atoms with Crippen molar-refractivity contribution in [2.24, 2.45) is 5.73 Å². The topological polar surface area (TPSA) is 135 Å². The van der Waals surface area contributed by atoms with Crippen molar-refractivity contribution >= 4 is 17.6 Å². The third-order valence-corrected chi connectivity index (χ3v) is 5.53. The fraction of sp³-hybridized carbons (Fsp3) is 0.409. The smallest absolute Gasteiger partial charge is 0.242 e. The van der Waals surface area contributed by atoms with E-state index in [9.17, 15) is 9.59 Å². The minimum atomic E-state index is -0.638. The van der Waals surface area contributed by atoms with Crippen LogP contribution in [0.25, 0.3) is 0 Å². The molecule has 1 aliphatic heterocycles. The Morgan fingerprint density at radius 3 is 2.83 bits per heavy atom. The summed E-state index contributed by atoms with van der Waals surface area (Å²) >= 11 is 0. The normalized spacial score (nSPS) is 19.3. The number of rotatable bonds is 7. The van der Waals surface area contributed by atoms with Crippen molar-refractivity contribution in [2.75, 3.05) is 12.3 Å². The van der Waals surface area contributed by atoms with Crippen LogP contribution in [0.15, 0.2) is 36.4 Å². The van der Waals surface area contributed by atoms with E-state index in [1.54, 1.807) is 13.0 Å². The lowest BCUT2D eigenvalue weighted by Gasteiger charge is -2.17. The highest BCUT2D eigenvalue weighted by molar-refractivity contribution is 5.89. The van der Waals surface area contributed by atoms with Crippen molar-refractivity contribution in [2.45, 2.75) is 51.4 Å². The third kappa shape index (κ3) is 5.34. The maximum atomic E-state index is 12.6. The molecular weight excluding hydrogens is 380 g/mol. The molecule has 1 aliphatic rings. The molecule has 1 fully saturated rings. The van der Waals surface area contributed by atoms with E-state index < -0.39 is 6.04 Å².